The van der Waals surface area contributed by atoms with Gasteiger partial charge in [-0.2, -0.15) is 5.10 Å². The van der Waals surface area contributed by atoms with Gasteiger partial charge in [-0.25, -0.2) is 0 Å². The smallest absolute Gasteiger partial charge is 0.303 e. The highest BCUT2D eigenvalue weighted by Crippen LogP contribution is 2.17. The molecule has 8 nitrogen and oxygen atoms in total. The molecule has 2 aromatic rings. The summed E-state index contributed by atoms with van der Waals surface area (Å²) >= 11 is 0. The van der Waals surface area contributed by atoms with Gasteiger partial charge in [0.2, 0.25) is 0 Å². The predicted octanol–water partition coefficient (Wildman–Crippen LogP) is 1.77. The molecule has 2 rings (SSSR count). The Balaban J connectivity index is 1.75. The van der Waals surface area contributed by atoms with E-state index in [0.717, 1.165) is 0 Å². The van der Waals surface area contributed by atoms with Crippen LogP contribution >= 0.6 is 0 Å². The molecular weight excluding hydrogens is 314 g/mol. The van der Waals surface area contributed by atoms with E-state index in [4.69, 9.17) is 14.6 Å². The molecular formula is C16H19N3O5. The number of hydrogen-bond donors (Lipinski definition) is 2. The predicted molar refractivity (Wildman–Crippen MR) is 86.2 cm³/mol. The van der Waals surface area contributed by atoms with Gasteiger partial charge in [-0.1, -0.05) is 0 Å². The van der Waals surface area contributed by atoms with Crippen molar-refractivity contribution in [3.05, 3.63) is 36.7 Å². The fraction of sp³-hybridized carbons (Fsp3) is 0.312. The molecule has 0 radical (unpaired) electrons. The lowest BCUT2D eigenvalue weighted by molar-refractivity contribution is -0.137. The van der Waals surface area contributed by atoms with Gasteiger partial charge in [0, 0.05) is 19.2 Å². The molecule has 0 aliphatic heterocycles. The molecule has 0 atom stereocenters. The third kappa shape index (κ3) is 5.64. The molecule has 0 fully saturated rings. The van der Waals surface area contributed by atoms with Gasteiger partial charge in [-0.15, -0.1) is 0 Å². The lowest BCUT2D eigenvalue weighted by Crippen LogP contribution is -2.19. The zero-order chi connectivity index (χ0) is 17.4. The number of benzene rings is 1. The average Bonchev–Trinajstić information content (AvgIpc) is 3.00. The van der Waals surface area contributed by atoms with Gasteiger partial charge in [0.05, 0.1) is 19.0 Å². The number of ether oxygens (including phenoxy) is 2. The number of carboxylic acids is 1. The largest absolute Gasteiger partial charge is 0.497 e. The van der Waals surface area contributed by atoms with Crippen molar-refractivity contribution in [2.75, 3.05) is 19.0 Å². The maximum atomic E-state index is 11.8. The van der Waals surface area contributed by atoms with Crippen molar-refractivity contribution in [1.82, 2.24) is 9.78 Å². The van der Waals surface area contributed by atoms with Gasteiger partial charge < -0.3 is 19.9 Å². The molecule has 0 saturated heterocycles. The van der Waals surface area contributed by atoms with E-state index in [9.17, 15) is 9.59 Å². The van der Waals surface area contributed by atoms with Crippen LogP contribution in [0.15, 0.2) is 36.7 Å². The van der Waals surface area contributed by atoms with Crippen molar-refractivity contribution < 1.29 is 24.2 Å². The monoisotopic (exact) mass is 333 g/mol. The van der Waals surface area contributed by atoms with Crippen LogP contribution in [0.3, 0.4) is 0 Å². The van der Waals surface area contributed by atoms with Gasteiger partial charge in [0.1, 0.15) is 11.5 Å². The van der Waals surface area contributed by atoms with Crippen molar-refractivity contribution in [2.45, 2.75) is 19.4 Å². The van der Waals surface area contributed by atoms with Crippen molar-refractivity contribution in [1.29, 1.82) is 0 Å². The van der Waals surface area contributed by atoms with Crippen LogP contribution in [0, 0.1) is 0 Å². The van der Waals surface area contributed by atoms with E-state index in [-0.39, 0.29) is 18.9 Å². The highest BCUT2D eigenvalue weighted by atomic mass is 16.5. The number of carboxylic acid groups (broad SMARTS) is 1. The Morgan fingerprint density at radius 2 is 1.96 bits per heavy atom. The Morgan fingerprint density at radius 3 is 2.62 bits per heavy atom. The second kappa shape index (κ2) is 8.56. The van der Waals surface area contributed by atoms with Gasteiger partial charge in [-0.3, -0.25) is 14.3 Å². The van der Waals surface area contributed by atoms with Crippen LogP contribution in [0.2, 0.25) is 0 Å². The number of carbonyl (C=O) groups is 2. The van der Waals surface area contributed by atoms with Crippen LogP contribution in [-0.4, -0.2) is 40.5 Å². The first-order valence-corrected chi connectivity index (χ1v) is 7.38. The number of amides is 1. The number of aryl methyl sites for hydroxylation is 1. The molecule has 24 heavy (non-hydrogen) atoms. The van der Waals surface area contributed by atoms with Gasteiger partial charge >= 0.3 is 5.97 Å². The summed E-state index contributed by atoms with van der Waals surface area (Å²) in [5, 5.41) is 15.3. The highest BCUT2D eigenvalue weighted by molar-refractivity contribution is 5.91. The molecule has 128 valence electrons. The number of nitrogens with one attached hydrogen (secondary N) is 1. The Morgan fingerprint density at radius 1 is 1.25 bits per heavy atom. The molecule has 0 aliphatic rings. The molecule has 1 aromatic carbocycles. The number of nitrogens with zero attached hydrogens (tertiary/aromatic N) is 2. The minimum Gasteiger partial charge on any atom is -0.497 e. The maximum absolute atomic E-state index is 11.8. The van der Waals surface area contributed by atoms with Gasteiger partial charge in [-0.05, 0) is 30.7 Å². The van der Waals surface area contributed by atoms with E-state index in [0.29, 0.717) is 30.2 Å². The zero-order valence-electron chi connectivity index (χ0n) is 13.3. The third-order valence-corrected chi connectivity index (χ3v) is 3.12. The maximum Gasteiger partial charge on any atom is 0.303 e. The Bertz CT molecular complexity index is 681. The molecule has 0 spiro atoms. The number of methoxy groups -OCH3 is 1. The normalized spacial score (nSPS) is 10.2. The average molecular weight is 333 g/mol. The lowest BCUT2D eigenvalue weighted by atomic mass is 10.3. The van der Waals surface area contributed by atoms with Crippen LogP contribution in [0.5, 0.6) is 11.5 Å². The second-order valence-electron chi connectivity index (χ2n) is 5.00. The summed E-state index contributed by atoms with van der Waals surface area (Å²) in [7, 11) is 1.57. The molecule has 0 bridgehead atoms. The van der Waals surface area contributed by atoms with Crippen LogP contribution in [0.1, 0.15) is 12.8 Å². The summed E-state index contributed by atoms with van der Waals surface area (Å²) in [6.07, 6.45) is 3.71. The van der Waals surface area contributed by atoms with Crippen LogP contribution in [0.4, 0.5) is 5.69 Å². The number of carbonyl (C=O) groups excluding carboxylic acids is 1. The number of aliphatic carboxylic acids is 1. The summed E-state index contributed by atoms with van der Waals surface area (Å²) in [6.45, 7) is 0.348. The highest BCUT2D eigenvalue weighted by Gasteiger charge is 2.06. The first kappa shape index (κ1) is 17.3. The minimum absolute atomic E-state index is 0.0806. The van der Waals surface area contributed by atoms with E-state index in [2.05, 4.69) is 10.4 Å². The summed E-state index contributed by atoms with van der Waals surface area (Å²) in [5.74, 6) is 0.125. The van der Waals surface area contributed by atoms with Crippen molar-refractivity contribution in [3.8, 4) is 11.5 Å². The number of rotatable bonds is 9. The molecule has 0 aliphatic carbocycles. The van der Waals surface area contributed by atoms with E-state index in [1.165, 1.54) is 6.20 Å². The van der Waals surface area contributed by atoms with Gasteiger partial charge in [0.15, 0.2) is 6.61 Å². The number of aromatic nitrogens is 2. The first-order chi connectivity index (χ1) is 11.6. The zero-order valence-corrected chi connectivity index (χ0v) is 13.3. The minimum atomic E-state index is -0.841. The number of anilines is 1. The molecule has 0 saturated carbocycles. The van der Waals surface area contributed by atoms with E-state index >= 15 is 0 Å². The summed E-state index contributed by atoms with van der Waals surface area (Å²) < 4.78 is 12.0. The second-order valence-corrected chi connectivity index (χ2v) is 5.00. The number of hydrogen-bond acceptors (Lipinski definition) is 5. The standard InChI is InChI=1S/C16H19N3O5/c1-23-13-4-6-14(7-5-13)24-11-15(20)18-12-9-17-19(10-12)8-2-3-16(21)22/h4-7,9-10H,2-3,8,11H2,1H3,(H,18,20)(H,21,22). The van der Waals surface area contributed by atoms with Crippen LogP contribution in [-0.2, 0) is 16.1 Å². The van der Waals surface area contributed by atoms with Crippen molar-refractivity contribution >= 4 is 17.6 Å². The molecule has 2 N–H and O–H groups in total. The SMILES string of the molecule is COc1ccc(OCC(=O)Nc2cnn(CCCC(=O)O)c2)cc1. The van der Waals surface area contributed by atoms with Crippen molar-refractivity contribution in [3.63, 3.8) is 0 Å². The first-order valence-electron chi connectivity index (χ1n) is 7.38. The molecule has 1 aromatic heterocycles. The van der Waals surface area contributed by atoms with Crippen molar-refractivity contribution in [2.24, 2.45) is 0 Å². The van der Waals surface area contributed by atoms with E-state index in [1.54, 1.807) is 42.3 Å². The quantitative estimate of drug-likeness (QED) is 0.725. The summed E-state index contributed by atoms with van der Waals surface area (Å²) in [5.41, 5.74) is 0.536. The van der Waals surface area contributed by atoms with E-state index in [1.807, 2.05) is 0 Å². The molecule has 1 heterocycles. The third-order valence-electron chi connectivity index (χ3n) is 3.12. The lowest BCUT2D eigenvalue weighted by Gasteiger charge is -2.07. The molecule has 1 amide bonds. The van der Waals surface area contributed by atoms with E-state index < -0.39 is 5.97 Å². The Kier molecular flexibility index (Phi) is 6.18. The Hall–Kier alpha value is -3.03. The fourth-order valence-corrected chi connectivity index (χ4v) is 1.96. The van der Waals surface area contributed by atoms with Crippen LogP contribution in [0.25, 0.3) is 0 Å². The Labute approximate surface area is 139 Å². The molecule has 0 unspecified atom stereocenters. The van der Waals surface area contributed by atoms with Gasteiger partial charge in [0.25, 0.3) is 5.91 Å². The summed E-state index contributed by atoms with van der Waals surface area (Å²) in [4.78, 5) is 22.3. The topological polar surface area (TPSA) is 103 Å². The summed E-state index contributed by atoms with van der Waals surface area (Å²) in [6, 6.07) is 6.92. The van der Waals surface area contributed by atoms with Crippen LogP contribution < -0.4 is 14.8 Å². The molecule has 8 heteroatoms. The fourth-order valence-electron chi connectivity index (χ4n) is 1.96.